The van der Waals surface area contributed by atoms with Crippen LogP contribution < -0.4 is 10.1 Å². The summed E-state index contributed by atoms with van der Waals surface area (Å²) in [5.74, 6) is 0.279. The molecule has 106 valence electrons. The van der Waals surface area contributed by atoms with Gasteiger partial charge in [-0.3, -0.25) is 0 Å². The molecule has 2 aromatic rings. The topological polar surface area (TPSA) is 21.3 Å². The minimum atomic E-state index is -0.277. The zero-order valence-corrected chi connectivity index (χ0v) is 11.7. The molecule has 0 amide bonds. The van der Waals surface area contributed by atoms with Gasteiger partial charge in [-0.05, 0) is 36.2 Å². The fourth-order valence-corrected chi connectivity index (χ4v) is 1.99. The van der Waals surface area contributed by atoms with E-state index in [0.29, 0.717) is 12.4 Å². The van der Waals surface area contributed by atoms with Crippen molar-refractivity contribution in [3.8, 4) is 5.75 Å². The molecule has 0 aromatic heterocycles. The number of benzene rings is 2. The fourth-order valence-electron chi connectivity index (χ4n) is 1.99. The Hall–Kier alpha value is -1.87. The molecule has 2 rings (SSSR count). The number of hydrogen-bond acceptors (Lipinski definition) is 2. The van der Waals surface area contributed by atoms with Crippen molar-refractivity contribution in [2.75, 3.05) is 6.54 Å². The van der Waals surface area contributed by atoms with Crippen LogP contribution in [0.1, 0.15) is 24.5 Å². The summed E-state index contributed by atoms with van der Waals surface area (Å²) in [6.07, 6.45) is 1.11. The highest BCUT2D eigenvalue weighted by molar-refractivity contribution is 5.28. The number of halogens is 1. The van der Waals surface area contributed by atoms with Gasteiger partial charge >= 0.3 is 0 Å². The molecule has 0 aliphatic carbocycles. The summed E-state index contributed by atoms with van der Waals surface area (Å²) in [7, 11) is 0. The lowest BCUT2D eigenvalue weighted by molar-refractivity contribution is 0.303. The minimum absolute atomic E-state index is 0.277. The Morgan fingerprint density at radius 3 is 2.60 bits per heavy atom. The lowest BCUT2D eigenvalue weighted by Gasteiger charge is -2.11. The molecule has 0 heterocycles. The van der Waals surface area contributed by atoms with Gasteiger partial charge in [-0.2, -0.15) is 0 Å². The first-order chi connectivity index (χ1) is 9.79. The predicted molar refractivity (Wildman–Crippen MR) is 79.2 cm³/mol. The first-order valence-corrected chi connectivity index (χ1v) is 6.95. The Morgan fingerprint density at radius 2 is 1.85 bits per heavy atom. The average Bonchev–Trinajstić information content (AvgIpc) is 2.47. The largest absolute Gasteiger partial charge is 0.489 e. The average molecular weight is 273 g/mol. The third kappa shape index (κ3) is 4.35. The molecule has 0 aliphatic rings. The number of hydrogen-bond donors (Lipinski definition) is 1. The van der Waals surface area contributed by atoms with Gasteiger partial charge in [0.15, 0.2) is 0 Å². The molecular weight excluding hydrogens is 253 g/mol. The molecule has 0 fully saturated rings. The molecule has 2 nitrogen and oxygen atoms in total. The van der Waals surface area contributed by atoms with E-state index in [4.69, 9.17) is 4.74 Å². The summed E-state index contributed by atoms with van der Waals surface area (Å²) >= 11 is 0. The molecule has 0 bridgehead atoms. The Kier molecular flexibility index (Phi) is 5.56. The van der Waals surface area contributed by atoms with Crippen molar-refractivity contribution in [2.45, 2.75) is 26.5 Å². The summed E-state index contributed by atoms with van der Waals surface area (Å²) in [5, 5.41) is 3.38. The second-order valence-corrected chi connectivity index (χ2v) is 4.69. The van der Waals surface area contributed by atoms with E-state index >= 15 is 0 Å². The van der Waals surface area contributed by atoms with E-state index in [-0.39, 0.29) is 5.82 Å². The van der Waals surface area contributed by atoms with Crippen molar-refractivity contribution in [1.82, 2.24) is 5.32 Å². The highest BCUT2D eigenvalue weighted by Crippen LogP contribution is 2.16. The summed E-state index contributed by atoms with van der Waals surface area (Å²) in [6.45, 7) is 4.43. The summed E-state index contributed by atoms with van der Waals surface area (Å²) in [4.78, 5) is 0. The van der Waals surface area contributed by atoms with Gasteiger partial charge in [0.05, 0.1) is 0 Å². The number of ether oxygens (including phenoxy) is 1. The summed E-state index contributed by atoms with van der Waals surface area (Å²) < 4.78 is 18.7. The van der Waals surface area contributed by atoms with Gasteiger partial charge in [0.1, 0.15) is 18.2 Å². The lowest BCUT2D eigenvalue weighted by Crippen LogP contribution is -2.15. The molecule has 0 spiro atoms. The molecule has 3 heteroatoms. The first-order valence-electron chi connectivity index (χ1n) is 6.95. The SMILES string of the molecule is CCCNCc1ccccc1COc1cccc(F)c1. The molecule has 0 saturated heterocycles. The van der Waals surface area contributed by atoms with Crippen LogP contribution in [0, 0.1) is 5.82 Å². The van der Waals surface area contributed by atoms with Crippen LogP contribution in [0.3, 0.4) is 0 Å². The van der Waals surface area contributed by atoms with Gasteiger partial charge in [0.2, 0.25) is 0 Å². The molecule has 0 aliphatic heterocycles. The Labute approximate surface area is 119 Å². The first kappa shape index (κ1) is 14.5. The van der Waals surface area contributed by atoms with Gasteiger partial charge in [0.25, 0.3) is 0 Å². The molecule has 0 unspecified atom stereocenters. The monoisotopic (exact) mass is 273 g/mol. The van der Waals surface area contributed by atoms with E-state index in [0.717, 1.165) is 25.1 Å². The van der Waals surface area contributed by atoms with Gasteiger partial charge in [-0.1, -0.05) is 37.3 Å². The maximum Gasteiger partial charge on any atom is 0.126 e. The number of nitrogens with one attached hydrogen (secondary N) is 1. The van der Waals surface area contributed by atoms with Crippen molar-refractivity contribution in [1.29, 1.82) is 0 Å². The second kappa shape index (κ2) is 7.65. The van der Waals surface area contributed by atoms with E-state index in [9.17, 15) is 4.39 Å². The Morgan fingerprint density at radius 1 is 1.05 bits per heavy atom. The van der Waals surface area contributed by atoms with E-state index in [2.05, 4.69) is 18.3 Å². The van der Waals surface area contributed by atoms with Gasteiger partial charge in [-0.15, -0.1) is 0 Å². The fraction of sp³-hybridized carbons (Fsp3) is 0.294. The molecule has 20 heavy (non-hydrogen) atoms. The van der Waals surface area contributed by atoms with Crippen LogP contribution in [0.4, 0.5) is 4.39 Å². The Bertz CT molecular complexity index is 542. The molecule has 1 N–H and O–H groups in total. The van der Waals surface area contributed by atoms with Gasteiger partial charge < -0.3 is 10.1 Å². The normalized spacial score (nSPS) is 10.5. The molecule has 0 atom stereocenters. The third-order valence-electron chi connectivity index (χ3n) is 3.05. The molecule has 0 saturated carbocycles. The quantitative estimate of drug-likeness (QED) is 0.772. The minimum Gasteiger partial charge on any atom is -0.489 e. The van der Waals surface area contributed by atoms with Gasteiger partial charge in [-0.25, -0.2) is 4.39 Å². The van der Waals surface area contributed by atoms with Crippen LogP contribution >= 0.6 is 0 Å². The van der Waals surface area contributed by atoms with Gasteiger partial charge in [0, 0.05) is 12.6 Å². The van der Waals surface area contributed by atoms with E-state index in [1.165, 1.54) is 17.7 Å². The van der Waals surface area contributed by atoms with Crippen LogP contribution in [-0.2, 0) is 13.2 Å². The third-order valence-corrected chi connectivity index (χ3v) is 3.05. The summed E-state index contributed by atoms with van der Waals surface area (Å²) in [5.41, 5.74) is 2.35. The zero-order valence-electron chi connectivity index (χ0n) is 11.7. The van der Waals surface area contributed by atoms with Crippen LogP contribution in [-0.4, -0.2) is 6.54 Å². The van der Waals surface area contributed by atoms with E-state index in [1.807, 2.05) is 18.2 Å². The molecule has 2 aromatic carbocycles. The molecule has 0 radical (unpaired) electrons. The standard InChI is InChI=1S/C17H20FNO/c1-2-10-19-12-14-6-3-4-7-15(14)13-20-17-9-5-8-16(18)11-17/h3-9,11,19H,2,10,12-13H2,1H3. The maximum atomic E-state index is 13.1. The van der Waals surface area contributed by atoms with E-state index < -0.39 is 0 Å². The zero-order chi connectivity index (χ0) is 14.2. The lowest BCUT2D eigenvalue weighted by atomic mass is 10.1. The molecular formula is C17H20FNO. The van der Waals surface area contributed by atoms with Crippen LogP contribution in [0.15, 0.2) is 48.5 Å². The Balaban J connectivity index is 1.98. The van der Waals surface area contributed by atoms with Crippen LogP contribution in [0.2, 0.25) is 0 Å². The van der Waals surface area contributed by atoms with Crippen LogP contribution in [0.25, 0.3) is 0 Å². The smallest absolute Gasteiger partial charge is 0.126 e. The van der Waals surface area contributed by atoms with Crippen molar-refractivity contribution >= 4 is 0 Å². The van der Waals surface area contributed by atoms with E-state index in [1.54, 1.807) is 12.1 Å². The summed E-state index contributed by atoms with van der Waals surface area (Å²) in [6, 6.07) is 14.4. The predicted octanol–water partition coefficient (Wildman–Crippen LogP) is 3.90. The highest BCUT2D eigenvalue weighted by Gasteiger charge is 2.03. The second-order valence-electron chi connectivity index (χ2n) is 4.69. The highest BCUT2D eigenvalue weighted by atomic mass is 19.1. The van der Waals surface area contributed by atoms with Crippen molar-refractivity contribution in [3.05, 3.63) is 65.5 Å². The van der Waals surface area contributed by atoms with Crippen molar-refractivity contribution < 1.29 is 9.13 Å². The van der Waals surface area contributed by atoms with Crippen molar-refractivity contribution in [2.24, 2.45) is 0 Å². The maximum absolute atomic E-state index is 13.1. The van der Waals surface area contributed by atoms with Crippen molar-refractivity contribution in [3.63, 3.8) is 0 Å². The number of rotatable bonds is 7. The van der Waals surface area contributed by atoms with Crippen LogP contribution in [0.5, 0.6) is 5.75 Å².